The molecule has 0 saturated carbocycles. The molecule has 0 atom stereocenters. The van der Waals surface area contributed by atoms with Crippen molar-refractivity contribution in [2.24, 2.45) is 0 Å². The zero-order valence-corrected chi connectivity index (χ0v) is 14.7. The van der Waals surface area contributed by atoms with Crippen LogP contribution in [0.5, 0.6) is 0 Å². The van der Waals surface area contributed by atoms with E-state index in [0.717, 1.165) is 6.42 Å². The number of amides is 1. The highest BCUT2D eigenvalue weighted by atomic mass is 19.1. The Labute approximate surface area is 146 Å². The molecule has 1 aromatic carbocycles. The van der Waals surface area contributed by atoms with Crippen LogP contribution in [0.25, 0.3) is 5.65 Å². The number of anilines is 1. The first-order chi connectivity index (χ1) is 12.0. The van der Waals surface area contributed by atoms with Crippen molar-refractivity contribution < 1.29 is 9.18 Å². The van der Waals surface area contributed by atoms with Crippen LogP contribution in [0.4, 0.5) is 10.1 Å². The molecule has 1 N–H and O–H groups in total. The minimum absolute atomic E-state index is 0.279. The molecular weight excluding hydrogens is 317 g/mol. The number of carbonyl (C=O) groups is 1. The normalized spacial score (nSPS) is 11.2. The highest BCUT2D eigenvalue weighted by molar-refractivity contribution is 6.04. The van der Waals surface area contributed by atoms with Gasteiger partial charge in [-0.1, -0.05) is 39.3 Å². The minimum Gasteiger partial charge on any atom is -0.321 e. The fourth-order valence-electron chi connectivity index (χ4n) is 2.86. The summed E-state index contributed by atoms with van der Waals surface area (Å²) in [6, 6.07) is 10.7. The molecule has 25 heavy (non-hydrogen) atoms. The number of carbonyl (C=O) groups excluding carboxylic acids is 1. The van der Waals surface area contributed by atoms with E-state index in [-0.39, 0.29) is 5.91 Å². The summed E-state index contributed by atoms with van der Waals surface area (Å²) in [7, 11) is 0. The SMILES string of the molecule is CCCc1nc2ccc(F)cn2c1C(=O)Nc1ccc(C(C)C)cc1. The molecule has 5 heteroatoms. The maximum Gasteiger partial charge on any atom is 0.274 e. The third kappa shape index (κ3) is 3.55. The van der Waals surface area contributed by atoms with Crippen molar-refractivity contribution in [3.8, 4) is 0 Å². The summed E-state index contributed by atoms with van der Waals surface area (Å²) in [5.41, 5.74) is 3.57. The van der Waals surface area contributed by atoms with Crippen molar-refractivity contribution in [1.82, 2.24) is 9.38 Å². The summed E-state index contributed by atoms with van der Waals surface area (Å²) < 4.78 is 15.2. The van der Waals surface area contributed by atoms with Gasteiger partial charge >= 0.3 is 0 Å². The number of fused-ring (bicyclic) bond motifs is 1. The Morgan fingerprint density at radius 3 is 2.56 bits per heavy atom. The third-order valence-corrected chi connectivity index (χ3v) is 4.19. The average molecular weight is 339 g/mol. The van der Waals surface area contributed by atoms with E-state index in [2.05, 4.69) is 24.1 Å². The molecular formula is C20H22FN3O. The van der Waals surface area contributed by atoms with Crippen LogP contribution >= 0.6 is 0 Å². The van der Waals surface area contributed by atoms with Crippen LogP contribution in [-0.2, 0) is 6.42 Å². The van der Waals surface area contributed by atoms with Crippen molar-refractivity contribution in [2.75, 3.05) is 5.32 Å². The number of hydrogen-bond acceptors (Lipinski definition) is 2. The molecule has 0 aliphatic carbocycles. The molecule has 4 nitrogen and oxygen atoms in total. The number of pyridine rings is 1. The van der Waals surface area contributed by atoms with E-state index in [1.165, 1.54) is 22.2 Å². The van der Waals surface area contributed by atoms with E-state index < -0.39 is 5.82 Å². The highest BCUT2D eigenvalue weighted by Crippen LogP contribution is 2.20. The Morgan fingerprint density at radius 2 is 1.92 bits per heavy atom. The lowest BCUT2D eigenvalue weighted by Gasteiger charge is -2.09. The van der Waals surface area contributed by atoms with E-state index in [9.17, 15) is 9.18 Å². The van der Waals surface area contributed by atoms with Gasteiger partial charge in [0, 0.05) is 11.9 Å². The van der Waals surface area contributed by atoms with Crippen LogP contribution in [0.15, 0.2) is 42.6 Å². The Kier molecular flexibility index (Phi) is 4.83. The molecule has 2 aromatic heterocycles. The van der Waals surface area contributed by atoms with Crippen molar-refractivity contribution in [3.63, 3.8) is 0 Å². The van der Waals surface area contributed by atoms with E-state index in [4.69, 9.17) is 0 Å². The summed E-state index contributed by atoms with van der Waals surface area (Å²) >= 11 is 0. The summed E-state index contributed by atoms with van der Waals surface area (Å²) in [5, 5.41) is 2.90. The summed E-state index contributed by atoms with van der Waals surface area (Å²) in [6.07, 6.45) is 2.83. The number of halogens is 1. The standard InChI is InChI=1S/C20H22FN3O/c1-4-5-17-19(24-12-15(21)8-11-18(24)23-17)20(25)22-16-9-6-14(7-10-16)13(2)3/h6-13H,4-5H2,1-3H3,(H,22,25). The van der Waals surface area contributed by atoms with Crippen molar-refractivity contribution >= 4 is 17.2 Å². The zero-order valence-electron chi connectivity index (χ0n) is 14.7. The number of benzene rings is 1. The molecule has 3 aromatic rings. The lowest BCUT2D eigenvalue weighted by atomic mass is 10.0. The van der Waals surface area contributed by atoms with Crippen molar-refractivity contribution in [1.29, 1.82) is 0 Å². The first kappa shape index (κ1) is 17.1. The Hall–Kier alpha value is -2.69. The van der Waals surface area contributed by atoms with Gasteiger partial charge in [-0.25, -0.2) is 9.37 Å². The van der Waals surface area contributed by atoms with Gasteiger partial charge in [0.15, 0.2) is 0 Å². The fraction of sp³-hybridized carbons (Fsp3) is 0.300. The molecule has 0 aliphatic rings. The van der Waals surface area contributed by atoms with Crippen LogP contribution in [0.2, 0.25) is 0 Å². The lowest BCUT2D eigenvalue weighted by molar-refractivity contribution is 0.102. The van der Waals surface area contributed by atoms with E-state index >= 15 is 0 Å². The van der Waals surface area contributed by atoms with Crippen LogP contribution in [-0.4, -0.2) is 15.3 Å². The second-order valence-electron chi connectivity index (χ2n) is 6.46. The fourth-order valence-corrected chi connectivity index (χ4v) is 2.86. The maximum absolute atomic E-state index is 13.6. The number of aromatic nitrogens is 2. The topological polar surface area (TPSA) is 46.4 Å². The molecule has 0 spiro atoms. The minimum atomic E-state index is -0.400. The zero-order chi connectivity index (χ0) is 18.0. The predicted octanol–water partition coefficient (Wildman–Crippen LogP) is 4.80. The Balaban J connectivity index is 1.95. The summed E-state index contributed by atoms with van der Waals surface area (Å²) in [4.78, 5) is 17.3. The third-order valence-electron chi connectivity index (χ3n) is 4.19. The quantitative estimate of drug-likeness (QED) is 0.725. The smallest absolute Gasteiger partial charge is 0.274 e. The number of imidazole rings is 1. The van der Waals surface area contributed by atoms with Gasteiger partial charge in [0.1, 0.15) is 17.2 Å². The second kappa shape index (κ2) is 7.05. The number of rotatable bonds is 5. The van der Waals surface area contributed by atoms with Gasteiger partial charge in [-0.05, 0) is 42.2 Å². The Bertz CT molecular complexity index is 897. The van der Waals surface area contributed by atoms with Crippen LogP contribution in [0.1, 0.15) is 54.9 Å². The largest absolute Gasteiger partial charge is 0.321 e. The van der Waals surface area contributed by atoms with E-state index in [1.807, 2.05) is 31.2 Å². The molecule has 0 unspecified atom stereocenters. The van der Waals surface area contributed by atoms with Gasteiger partial charge in [0.25, 0.3) is 5.91 Å². The van der Waals surface area contributed by atoms with Gasteiger partial charge in [-0.3, -0.25) is 9.20 Å². The van der Waals surface area contributed by atoms with Crippen molar-refractivity contribution in [3.05, 3.63) is 65.4 Å². The molecule has 0 bridgehead atoms. The van der Waals surface area contributed by atoms with Crippen LogP contribution in [0, 0.1) is 5.82 Å². The van der Waals surface area contributed by atoms with Crippen molar-refractivity contribution in [2.45, 2.75) is 39.5 Å². The predicted molar refractivity (Wildman–Crippen MR) is 97.6 cm³/mol. The number of nitrogens with one attached hydrogen (secondary N) is 1. The van der Waals surface area contributed by atoms with Gasteiger partial charge < -0.3 is 5.32 Å². The van der Waals surface area contributed by atoms with Gasteiger partial charge in [0.05, 0.1) is 5.69 Å². The second-order valence-corrected chi connectivity index (χ2v) is 6.46. The lowest BCUT2D eigenvalue weighted by Crippen LogP contribution is -2.16. The first-order valence-corrected chi connectivity index (χ1v) is 8.57. The molecule has 1 amide bonds. The molecule has 0 aliphatic heterocycles. The molecule has 3 rings (SSSR count). The first-order valence-electron chi connectivity index (χ1n) is 8.57. The molecule has 130 valence electrons. The van der Waals surface area contributed by atoms with Crippen LogP contribution < -0.4 is 5.32 Å². The van der Waals surface area contributed by atoms with Gasteiger partial charge in [-0.15, -0.1) is 0 Å². The van der Waals surface area contributed by atoms with E-state index in [0.29, 0.717) is 35.1 Å². The molecule has 0 saturated heterocycles. The average Bonchev–Trinajstić information content (AvgIpc) is 2.93. The monoisotopic (exact) mass is 339 g/mol. The number of aryl methyl sites for hydroxylation is 1. The Morgan fingerprint density at radius 1 is 1.20 bits per heavy atom. The summed E-state index contributed by atoms with van der Waals surface area (Å²) in [6.45, 7) is 6.27. The number of nitrogens with zero attached hydrogens (tertiary/aromatic N) is 2. The van der Waals surface area contributed by atoms with E-state index in [1.54, 1.807) is 6.07 Å². The van der Waals surface area contributed by atoms with Gasteiger partial charge in [-0.2, -0.15) is 0 Å². The number of hydrogen-bond donors (Lipinski definition) is 1. The van der Waals surface area contributed by atoms with Gasteiger partial charge in [0.2, 0.25) is 0 Å². The molecule has 2 heterocycles. The molecule has 0 radical (unpaired) electrons. The maximum atomic E-state index is 13.6. The summed E-state index contributed by atoms with van der Waals surface area (Å²) in [5.74, 6) is -0.246. The highest BCUT2D eigenvalue weighted by Gasteiger charge is 2.19. The molecule has 0 fully saturated rings. The van der Waals surface area contributed by atoms with Crippen LogP contribution in [0.3, 0.4) is 0 Å².